The van der Waals surface area contributed by atoms with Gasteiger partial charge in [-0.25, -0.2) is 0 Å². The summed E-state index contributed by atoms with van der Waals surface area (Å²) in [6.45, 7) is 3.22. The summed E-state index contributed by atoms with van der Waals surface area (Å²) in [6.07, 6.45) is -22.3. The maximum absolute atomic E-state index is 10.9. The summed E-state index contributed by atoms with van der Waals surface area (Å²) in [5.41, 5.74) is 0. The molecule has 0 radical (unpaired) electrons. The van der Waals surface area contributed by atoms with Gasteiger partial charge >= 0.3 is 0 Å². The third-order valence-corrected chi connectivity index (χ3v) is 6.69. The van der Waals surface area contributed by atoms with Crippen molar-refractivity contribution >= 4 is 0 Å². The second-order valence-corrected chi connectivity index (χ2v) is 9.39. The van der Waals surface area contributed by atoms with E-state index in [0.717, 1.165) is 0 Å². The smallest absolute Gasteiger partial charge is 0.187 e. The van der Waals surface area contributed by atoms with Crippen LogP contribution in [0.4, 0.5) is 0 Å². The molecule has 0 unspecified atom stereocenters. The lowest BCUT2D eigenvalue weighted by Gasteiger charge is -2.48. The van der Waals surface area contributed by atoms with Crippen LogP contribution in [0, 0.1) is 0 Å². The van der Waals surface area contributed by atoms with Crippen molar-refractivity contribution in [3.63, 3.8) is 0 Å². The molecule has 3 fully saturated rings. The van der Waals surface area contributed by atoms with Crippen molar-refractivity contribution < 1.29 is 74.4 Å². The summed E-state index contributed by atoms with van der Waals surface area (Å²) in [4.78, 5) is 0. The lowest BCUT2D eigenvalue weighted by Crippen LogP contribution is -2.65. The Hall–Kier alpha value is -0.600. The average Bonchev–Trinajstić information content (AvgIpc) is 2.85. The first kappa shape index (κ1) is 29.9. The van der Waals surface area contributed by atoms with E-state index in [1.807, 2.05) is 0 Å². The van der Waals surface area contributed by atoms with Gasteiger partial charge in [0.2, 0.25) is 0 Å². The molecule has 0 amide bonds. The normalized spacial score (nSPS) is 50.4. The van der Waals surface area contributed by atoms with E-state index < -0.39 is 111 Å². The lowest BCUT2D eigenvalue weighted by atomic mass is 9.96. The van der Waals surface area contributed by atoms with Gasteiger partial charge in [0.1, 0.15) is 61.0 Å². The maximum atomic E-state index is 10.9. The molecule has 212 valence electrons. The molecule has 15 atom stereocenters. The highest BCUT2D eigenvalue weighted by Gasteiger charge is 2.52. The van der Waals surface area contributed by atoms with Gasteiger partial charge in [0.25, 0.3) is 0 Å². The summed E-state index contributed by atoms with van der Waals surface area (Å²) >= 11 is 0. The Kier molecular flexibility index (Phi) is 10.4. The quantitative estimate of drug-likeness (QED) is 0.143. The highest BCUT2D eigenvalue weighted by Crippen LogP contribution is 2.32. The van der Waals surface area contributed by atoms with E-state index in [1.54, 1.807) is 0 Å². The van der Waals surface area contributed by atoms with Gasteiger partial charge in [0.05, 0.1) is 31.5 Å². The van der Waals surface area contributed by atoms with E-state index in [2.05, 4.69) is 0 Å². The van der Waals surface area contributed by atoms with Gasteiger partial charge in [-0.05, 0) is 20.8 Å². The second kappa shape index (κ2) is 12.5. The molecule has 3 heterocycles. The molecule has 0 aromatic rings. The van der Waals surface area contributed by atoms with Gasteiger partial charge in [0.15, 0.2) is 18.9 Å². The van der Waals surface area contributed by atoms with E-state index >= 15 is 0 Å². The molecule has 15 nitrogen and oxygen atoms in total. The van der Waals surface area contributed by atoms with Gasteiger partial charge in [-0.1, -0.05) is 0 Å². The zero-order valence-electron chi connectivity index (χ0n) is 20.1. The lowest BCUT2D eigenvalue weighted by molar-refractivity contribution is -0.377. The van der Waals surface area contributed by atoms with Gasteiger partial charge < -0.3 is 74.4 Å². The molecule has 0 saturated carbocycles. The molecule has 0 aliphatic carbocycles. The molecular weight excluding hydrogens is 492 g/mol. The molecular formula is C21H38O15. The van der Waals surface area contributed by atoms with Crippen LogP contribution in [0.1, 0.15) is 20.8 Å². The number of aliphatic hydroxyl groups is 9. The number of aliphatic hydroxyl groups excluding tert-OH is 9. The average molecular weight is 531 g/mol. The second-order valence-electron chi connectivity index (χ2n) is 9.39. The van der Waals surface area contributed by atoms with Crippen LogP contribution in [0.2, 0.25) is 0 Å². The summed E-state index contributed by atoms with van der Waals surface area (Å²) in [5.74, 6) is 0. The fraction of sp³-hybridized carbons (Fsp3) is 1.00. The maximum Gasteiger partial charge on any atom is 0.187 e. The predicted octanol–water partition coefficient (Wildman–Crippen LogP) is -5.11. The summed E-state index contributed by atoms with van der Waals surface area (Å²) < 4.78 is 33.0. The van der Waals surface area contributed by atoms with Gasteiger partial charge in [-0.2, -0.15) is 0 Å². The van der Waals surface area contributed by atoms with Crippen molar-refractivity contribution in [3.05, 3.63) is 0 Å². The highest BCUT2D eigenvalue weighted by atomic mass is 16.8. The van der Waals surface area contributed by atoms with Crippen molar-refractivity contribution in [2.45, 2.75) is 119 Å². The number of rotatable bonds is 8. The van der Waals surface area contributed by atoms with Crippen molar-refractivity contribution in [2.75, 3.05) is 13.2 Å². The molecule has 0 spiro atoms. The van der Waals surface area contributed by atoms with Crippen molar-refractivity contribution in [2.24, 2.45) is 0 Å². The van der Waals surface area contributed by atoms with E-state index in [0.29, 0.717) is 0 Å². The summed E-state index contributed by atoms with van der Waals surface area (Å²) in [7, 11) is 0. The number of ether oxygens (including phenoxy) is 6. The van der Waals surface area contributed by atoms with Gasteiger partial charge in [-0.3, -0.25) is 0 Å². The van der Waals surface area contributed by atoms with Gasteiger partial charge in [0, 0.05) is 0 Å². The van der Waals surface area contributed by atoms with E-state index in [4.69, 9.17) is 28.4 Å². The Bertz CT molecular complexity index is 682. The van der Waals surface area contributed by atoms with Crippen LogP contribution in [-0.2, 0) is 28.4 Å². The van der Waals surface area contributed by atoms with Crippen LogP contribution in [0.15, 0.2) is 0 Å². The molecule has 3 aliphatic heterocycles. The monoisotopic (exact) mass is 530 g/mol. The Morgan fingerprint density at radius 1 is 0.528 bits per heavy atom. The molecule has 36 heavy (non-hydrogen) atoms. The number of hydrogen-bond acceptors (Lipinski definition) is 15. The minimum absolute atomic E-state index is 0.566. The van der Waals surface area contributed by atoms with E-state index in [-0.39, 0.29) is 0 Å². The van der Waals surface area contributed by atoms with Crippen molar-refractivity contribution in [1.29, 1.82) is 0 Å². The first-order valence-corrected chi connectivity index (χ1v) is 11.8. The minimum Gasteiger partial charge on any atom is -0.394 e. The molecule has 3 saturated heterocycles. The van der Waals surface area contributed by atoms with Crippen LogP contribution >= 0.6 is 0 Å². The Morgan fingerprint density at radius 3 is 1.39 bits per heavy atom. The Balaban J connectivity index is 1.73. The Labute approximate surface area is 207 Å². The third-order valence-electron chi connectivity index (χ3n) is 6.69. The van der Waals surface area contributed by atoms with Crippen LogP contribution in [0.25, 0.3) is 0 Å². The molecule has 0 bridgehead atoms. The molecule has 3 rings (SSSR count). The number of hydrogen-bond donors (Lipinski definition) is 9. The summed E-state index contributed by atoms with van der Waals surface area (Å²) in [6, 6.07) is 0. The zero-order chi connectivity index (χ0) is 26.9. The largest absolute Gasteiger partial charge is 0.394 e. The van der Waals surface area contributed by atoms with Crippen molar-refractivity contribution in [1.82, 2.24) is 0 Å². The van der Waals surface area contributed by atoms with Crippen LogP contribution < -0.4 is 0 Å². The first-order valence-electron chi connectivity index (χ1n) is 11.8. The van der Waals surface area contributed by atoms with Crippen molar-refractivity contribution in [3.8, 4) is 0 Å². The molecule has 15 heteroatoms. The van der Waals surface area contributed by atoms with Crippen LogP contribution in [0.5, 0.6) is 0 Å². The highest BCUT2D eigenvalue weighted by molar-refractivity contribution is 4.95. The summed E-state index contributed by atoms with van der Waals surface area (Å²) in [5, 5.41) is 91.4. The van der Waals surface area contributed by atoms with Crippen LogP contribution in [-0.4, -0.2) is 157 Å². The van der Waals surface area contributed by atoms with E-state index in [1.165, 1.54) is 20.8 Å². The molecule has 9 N–H and O–H groups in total. The fourth-order valence-electron chi connectivity index (χ4n) is 4.31. The molecule has 0 aromatic heterocycles. The minimum atomic E-state index is -1.73. The zero-order valence-corrected chi connectivity index (χ0v) is 20.1. The standard InChI is InChI=1S/C21H38O15/c1-6-10(24)13(27)14(28)19(31-6)35-18-12(26)8(3)33-21(16(18)30)36-17-11(25)7(2)32-20(15(17)29)34-9(4-22)5-23/h6-30H,4-5H2,1-3H3/t6-,7-,8-,10-,11-,12-,13+,14+,15+,16+,17+,18+,19-,20-,21-/m0/s1. The Morgan fingerprint density at radius 2 is 0.917 bits per heavy atom. The predicted molar refractivity (Wildman–Crippen MR) is 114 cm³/mol. The van der Waals surface area contributed by atoms with E-state index in [9.17, 15) is 46.0 Å². The topological polar surface area (TPSA) is 237 Å². The van der Waals surface area contributed by atoms with Gasteiger partial charge in [-0.15, -0.1) is 0 Å². The molecule has 3 aliphatic rings. The first-order chi connectivity index (χ1) is 16.9. The SMILES string of the molecule is C[C@@H]1O[C@@H](O[C@@H]2[C@@H](O)[C@H](C)O[C@@H](O[C@@H]3[C@@H](O)[C@H](C)O[C@@H](OC(CO)CO)[C@@H]3O)[C@@H]2O)[C@H](O)[C@H](O)[C@H]1O. The fourth-order valence-corrected chi connectivity index (χ4v) is 4.31. The third kappa shape index (κ3) is 6.17. The van der Waals surface area contributed by atoms with Crippen LogP contribution in [0.3, 0.4) is 0 Å². The molecule has 0 aromatic carbocycles.